The smallest absolute Gasteiger partial charge is 0.337 e. The van der Waals surface area contributed by atoms with Crippen molar-refractivity contribution in [2.75, 3.05) is 17.3 Å². The van der Waals surface area contributed by atoms with E-state index in [-0.39, 0.29) is 0 Å². The van der Waals surface area contributed by atoms with Crippen molar-refractivity contribution in [2.45, 2.75) is 26.3 Å². The Morgan fingerprint density at radius 1 is 1.53 bits per heavy atom. The predicted octanol–water partition coefficient (Wildman–Crippen LogP) is 3.25. The standard InChI is InChI=1S/C13H19NO2S/c1-4-10(8-17-3)14-12-7-9(2)5-6-11(12)13(15)16/h5-7,10,14H,4,8H2,1-3H3,(H,15,16). The van der Waals surface area contributed by atoms with Crippen LogP contribution < -0.4 is 5.32 Å². The molecular formula is C13H19NO2S. The molecule has 3 nitrogen and oxygen atoms in total. The molecule has 1 aromatic rings. The first-order valence-electron chi connectivity index (χ1n) is 5.67. The Kier molecular flexibility index (Phi) is 5.35. The van der Waals surface area contributed by atoms with E-state index in [0.717, 1.165) is 23.4 Å². The van der Waals surface area contributed by atoms with Crippen LogP contribution in [0, 0.1) is 6.92 Å². The van der Waals surface area contributed by atoms with Crippen molar-refractivity contribution >= 4 is 23.4 Å². The van der Waals surface area contributed by atoms with E-state index in [1.165, 1.54) is 0 Å². The highest BCUT2D eigenvalue weighted by atomic mass is 32.2. The molecule has 0 fully saturated rings. The fraction of sp³-hybridized carbons (Fsp3) is 0.462. The van der Waals surface area contributed by atoms with Gasteiger partial charge in [0, 0.05) is 17.5 Å². The first-order valence-corrected chi connectivity index (χ1v) is 7.07. The maximum absolute atomic E-state index is 11.1. The normalized spacial score (nSPS) is 12.2. The van der Waals surface area contributed by atoms with Crippen LogP contribution in [0.2, 0.25) is 0 Å². The molecule has 94 valence electrons. The highest BCUT2D eigenvalue weighted by molar-refractivity contribution is 7.98. The van der Waals surface area contributed by atoms with Crippen molar-refractivity contribution in [2.24, 2.45) is 0 Å². The summed E-state index contributed by atoms with van der Waals surface area (Å²) >= 11 is 1.76. The van der Waals surface area contributed by atoms with Gasteiger partial charge in [-0.25, -0.2) is 4.79 Å². The van der Waals surface area contributed by atoms with E-state index in [0.29, 0.717) is 11.6 Å². The Morgan fingerprint density at radius 3 is 2.76 bits per heavy atom. The number of carboxylic acids is 1. The molecule has 0 aliphatic carbocycles. The third-order valence-corrected chi connectivity index (χ3v) is 3.36. The summed E-state index contributed by atoms with van der Waals surface area (Å²) in [7, 11) is 0. The Labute approximate surface area is 107 Å². The predicted molar refractivity (Wildman–Crippen MR) is 74.2 cm³/mol. The molecule has 0 saturated carbocycles. The highest BCUT2D eigenvalue weighted by Gasteiger charge is 2.13. The van der Waals surface area contributed by atoms with Gasteiger partial charge in [-0.3, -0.25) is 0 Å². The molecule has 0 aliphatic rings. The fourth-order valence-electron chi connectivity index (χ4n) is 1.65. The second-order valence-electron chi connectivity index (χ2n) is 4.06. The molecule has 0 aliphatic heterocycles. The van der Waals surface area contributed by atoms with Gasteiger partial charge >= 0.3 is 5.97 Å². The summed E-state index contributed by atoms with van der Waals surface area (Å²) in [5.74, 6) is 0.0928. The van der Waals surface area contributed by atoms with Crippen molar-refractivity contribution in [1.29, 1.82) is 0 Å². The minimum absolute atomic E-state index is 0.310. The quantitative estimate of drug-likeness (QED) is 0.817. The Morgan fingerprint density at radius 2 is 2.24 bits per heavy atom. The van der Waals surface area contributed by atoms with Crippen molar-refractivity contribution in [1.82, 2.24) is 0 Å². The van der Waals surface area contributed by atoms with Crippen LogP contribution in [0.4, 0.5) is 5.69 Å². The van der Waals surface area contributed by atoms with Crippen LogP contribution in [-0.2, 0) is 0 Å². The molecule has 0 bridgehead atoms. The number of thioether (sulfide) groups is 1. The van der Waals surface area contributed by atoms with Crippen molar-refractivity contribution < 1.29 is 9.90 Å². The lowest BCUT2D eigenvalue weighted by Gasteiger charge is -2.19. The van der Waals surface area contributed by atoms with Crippen molar-refractivity contribution in [3.05, 3.63) is 29.3 Å². The van der Waals surface area contributed by atoms with Gasteiger partial charge in [0.25, 0.3) is 0 Å². The maximum atomic E-state index is 11.1. The second kappa shape index (κ2) is 6.55. The lowest BCUT2D eigenvalue weighted by molar-refractivity contribution is 0.0698. The summed E-state index contributed by atoms with van der Waals surface area (Å²) in [6.45, 7) is 4.07. The average Bonchev–Trinajstić information content (AvgIpc) is 2.28. The van der Waals surface area contributed by atoms with E-state index in [9.17, 15) is 4.79 Å². The molecule has 0 spiro atoms. The summed E-state index contributed by atoms with van der Waals surface area (Å²) in [5, 5.41) is 12.4. The third-order valence-electron chi connectivity index (χ3n) is 2.63. The van der Waals surface area contributed by atoms with Crippen LogP contribution in [-0.4, -0.2) is 29.1 Å². The average molecular weight is 253 g/mol. The molecule has 1 aromatic carbocycles. The zero-order valence-corrected chi connectivity index (χ0v) is 11.3. The number of aryl methyl sites for hydroxylation is 1. The molecule has 1 rings (SSSR count). The van der Waals surface area contributed by atoms with Gasteiger partial charge in [0.1, 0.15) is 0 Å². The van der Waals surface area contributed by atoms with Crippen LogP contribution in [0.1, 0.15) is 29.3 Å². The lowest BCUT2D eigenvalue weighted by Crippen LogP contribution is -2.22. The van der Waals surface area contributed by atoms with Gasteiger partial charge in [0.05, 0.1) is 5.56 Å². The molecule has 17 heavy (non-hydrogen) atoms. The summed E-state index contributed by atoms with van der Waals surface area (Å²) < 4.78 is 0. The molecular weight excluding hydrogens is 234 g/mol. The number of hydrogen-bond donors (Lipinski definition) is 2. The van der Waals surface area contributed by atoms with Crippen LogP contribution in [0.3, 0.4) is 0 Å². The number of rotatable bonds is 6. The van der Waals surface area contributed by atoms with E-state index < -0.39 is 5.97 Å². The van der Waals surface area contributed by atoms with E-state index in [1.807, 2.05) is 19.1 Å². The first kappa shape index (κ1) is 13.9. The summed E-state index contributed by atoms with van der Waals surface area (Å²) in [6, 6.07) is 5.69. The van der Waals surface area contributed by atoms with Gasteiger partial charge in [-0.2, -0.15) is 11.8 Å². The molecule has 0 aromatic heterocycles. The summed E-state index contributed by atoms with van der Waals surface area (Å²) in [5.41, 5.74) is 2.13. The summed E-state index contributed by atoms with van der Waals surface area (Å²) in [6.07, 6.45) is 3.03. The van der Waals surface area contributed by atoms with Gasteiger partial charge in [-0.1, -0.05) is 13.0 Å². The van der Waals surface area contributed by atoms with Gasteiger partial charge in [0.15, 0.2) is 0 Å². The van der Waals surface area contributed by atoms with Gasteiger partial charge < -0.3 is 10.4 Å². The van der Waals surface area contributed by atoms with Crippen LogP contribution >= 0.6 is 11.8 Å². The molecule has 1 unspecified atom stereocenters. The zero-order valence-electron chi connectivity index (χ0n) is 10.5. The number of carboxylic acid groups (broad SMARTS) is 1. The lowest BCUT2D eigenvalue weighted by atomic mass is 10.1. The number of carbonyl (C=O) groups is 1. The SMILES string of the molecule is CCC(CSC)Nc1cc(C)ccc1C(=O)O. The largest absolute Gasteiger partial charge is 0.478 e. The van der Waals surface area contributed by atoms with Crippen molar-refractivity contribution in [3.8, 4) is 0 Å². The van der Waals surface area contributed by atoms with Gasteiger partial charge in [0.2, 0.25) is 0 Å². The highest BCUT2D eigenvalue weighted by Crippen LogP contribution is 2.20. The van der Waals surface area contributed by atoms with Crippen molar-refractivity contribution in [3.63, 3.8) is 0 Å². The Hall–Kier alpha value is -1.16. The van der Waals surface area contributed by atoms with Crippen LogP contribution in [0.25, 0.3) is 0 Å². The topological polar surface area (TPSA) is 49.3 Å². The van der Waals surface area contributed by atoms with E-state index in [1.54, 1.807) is 17.8 Å². The summed E-state index contributed by atoms with van der Waals surface area (Å²) in [4.78, 5) is 11.1. The Balaban J connectivity index is 2.94. The number of aromatic carboxylic acids is 1. The maximum Gasteiger partial charge on any atom is 0.337 e. The Bertz CT molecular complexity index is 393. The number of anilines is 1. The fourth-order valence-corrected chi connectivity index (χ4v) is 2.37. The van der Waals surface area contributed by atoms with E-state index >= 15 is 0 Å². The minimum Gasteiger partial charge on any atom is -0.478 e. The molecule has 2 N–H and O–H groups in total. The zero-order chi connectivity index (χ0) is 12.8. The second-order valence-corrected chi connectivity index (χ2v) is 4.97. The third kappa shape index (κ3) is 3.97. The van der Waals surface area contributed by atoms with Crippen LogP contribution in [0.15, 0.2) is 18.2 Å². The van der Waals surface area contributed by atoms with Gasteiger partial charge in [-0.05, 0) is 37.3 Å². The minimum atomic E-state index is -0.883. The monoisotopic (exact) mass is 253 g/mol. The molecule has 0 radical (unpaired) electrons. The van der Waals surface area contributed by atoms with E-state index in [4.69, 9.17) is 5.11 Å². The van der Waals surface area contributed by atoms with Gasteiger partial charge in [-0.15, -0.1) is 0 Å². The number of hydrogen-bond acceptors (Lipinski definition) is 3. The van der Waals surface area contributed by atoms with E-state index in [2.05, 4.69) is 18.5 Å². The van der Waals surface area contributed by atoms with Crippen LogP contribution in [0.5, 0.6) is 0 Å². The molecule has 0 heterocycles. The molecule has 0 amide bonds. The first-order chi connectivity index (χ1) is 8.08. The molecule has 4 heteroatoms. The number of benzene rings is 1. The molecule has 1 atom stereocenters. The molecule has 0 saturated heterocycles. The number of nitrogens with one attached hydrogen (secondary N) is 1.